The highest BCUT2D eigenvalue weighted by molar-refractivity contribution is 5.74. The first-order valence-electron chi connectivity index (χ1n) is 6.77. The van der Waals surface area contributed by atoms with Crippen molar-refractivity contribution < 1.29 is 35.0 Å². The second kappa shape index (κ2) is 4.23. The van der Waals surface area contributed by atoms with E-state index in [1.54, 1.807) is 0 Å². The molecule has 2 aromatic rings. The van der Waals surface area contributed by atoms with Crippen molar-refractivity contribution in [1.29, 1.82) is 0 Å². The van der Waals surface area contributed by atoms with Crippen molar-refractivity contribution in [2.75, 3.05) is 6.61 Å². The third-order valence-electron chi connectivity index (χ3n) is 3.95. The maximum Gasteiger partial charge on any atom is 0.184 e. The molecule has 4 rings (SSSR count). The van der Waals surface area contributed by atoms with E-state index >= 15 is 0 Å². The van der Waals surface area contributed by atoms with Crippen molar-refractivity contribution in [3.63, 3.8) is 0 Å². The number of aliphatic hydroxyl groups is 1. The average Bonchev–Trinajstić information content (AvgIpc) is 3.26. The van der Waals surface area contributed by atoms with Crippen molar-refractivity contribution in [3.8, 4) is 28.7 Å². The molecule has 2 aromatic carbocycles. The van der Waals surface area contributed by atoms with Gasteiger partial charge in [0, 0.05) is 17.7 Å². The van der Waals surface area contributed by atoms with E-state index in [1.807, 2.05) is 0 Å². The van der Waals surface area contributed by atoms with Gasteiger partial charge in [-0.3, -0.25) is 0 Å². The third-order valence-corrected chi connectivity index (χ3v) is 3.95. The molecule has 1 atom stereocenters. The Labute approximate surface area is 129 Å². The fourth-order valence-corrected chi connectivity index (χ4v) is 2.75. The number of phenolic OH excluding ortho intramolecular Hbond substituents is 4. The summed E-state index contributed by atoms with van der Waals surface area (Å²) in [6.45, 7) is 0.140. The number of benzene rings is 2. The predicted octanol–water partition coefficient (Wildman–Crippen LogP) is 2.05. The molecular weight excluding hydrogens is 304 g/mol. The first-order valence-corrected chi connectivity index (χ1v) is 6.77. The van der Waals surface area contributed by atoms with Crippen LogP contribution >= 0.6 is 0 Å². The molecule has 0 aliphatic carbocycles. The van der Waals surface area contributed by atoms with Crippen molar-refractivity contribution in [1.82, 2.24) is 0 Å². The predicted molar refractivity (Wildman–Crippen MR) is 77.4 cm³/mol. The molecule has 2 aliphatic rings. The standard InChI is InChI=1S/C16H12O7/c17-8-4-11(20)13-12(5-8)23-14(15(21)16(13)6-22-16)7-1-2-9(18)10(19)3-7/h1-5,17-21H,6H2. The van der Waals surface area contributed by atoms with Crippen LogP contribution in [0.25, 0.3) is 5.76 Å². The number of aromatic hydroxyl groups is 4. The summed E-state index contributed by atoms with van der Waals surface area (Å²) in [6.07, 6.45) is 0. The van der Waals surface area contributed by atoms with E-state index < -0.39 is 5.60 Å². The van der Waals surface area contributed by atoms with E-state index in [-0.39, 0.29) is 52.4 Å². The van der Waals surface area contributed by atoms with E-state index in [0.29, 0.717) is 5.56 Å². The summed E-state index contributed by atoms with van der Waals surface area (Å²) in [4.78, 5) is 0. The topological polar surface area (TPSA) is 123 Å². The van der Waals surface area contributed by atoms with Gasteiger partial charge in [0.25, 0.3) is 0 Å². The van der Waals surface area contributed by atoms with Gasteiger partial charge in [0.1, 0.15) is 17.2 Å². The van der Waals surface area contributed by atoms with Gasteiger partial charge in [0.2, 0.25) is 0 Å². The molecule has 7 nitrogen and oxygen atoms in total. The second-order valence-corrected chi connectivity index (χ2v) is 5.44. The van der Waals surface area contributed by atoms with Gasteiger partial charge in [-0.2, -0.15) is 0 Å². The summed E-state index contributed by atoms with van der Waals surface area (Å²) in [6, 6.07) is 6.36. The molecule has 0 amide bonds. The Morgan fingerprint density at radius 3 is 2.26 bits per heavy atom. The lowest BCUT2D eigenvalue weighted by Gasteiger charge is -2.26. The van der Waals surface area contributed by atoms with Crippen LogP contribution in [0.2, 0.25) is 0 Å². The zero-order chi connectivity index (χ0) is 16.4. The molecule has 0 saturated carbocycles. The number of hydrogen-bond acceptors (Lipinski definition) is 7. The van der Waals surface area contributed by atoms with Gasteiger partial charge in [-0.05, 0) is 18.2 Å². The number of rotatable bonds is 1. The molecule has 1 fully saturated rings. The van der Waals surface area contributed by atoms with Crippen LogP contribution in [0.3, 0.4) is 0 Å². The molecule has 0 bridgehead atoms. The third kappa shape index (κ3) is 1.80. The summed E-state index contributed by atoms with van der Waals surface area (Å²) < 4.78 is 11.0. The molecule has 5 N–H and O–H groups in total. The lowest BCUT2D eigenvalue weighted by Crippen LogP contribution is -2.22. The smallest absolute Gasteiger partial charge is 0.184 e. The monoisotopic (exact) mass is 316 g/mol. The molecule has 23 heavy (non-hydrogen) atoms. The van der Waals surface area contributed by atoms with E-state index in [2.05, 4.69) is 0 Å². The maximum atomic E-state index is 10.5. The molecule has 2 aliphatic heterocycles. The lowest BCUT2D eigenvalue weighted by molar-refractivity contribution is 0.223. The Hall–Kier alpha value is -3.06. The molecule has 1 spiro atoms. The summed E-state index contributed by atoms with van der Waals surface area (Å²) in [7, 11) is 0. The summed E-state index contributed by atoms with van der Waals surface area (Å²) in [5.74, 6) is -1.24. The highest BCUT2D eigenvalue weighted by atomic mass is 16.6. The average molecular weight is 316 g/mol. The van der Waals surface area contributed by atoms with E-state index in [4.69, 9.17) is 9.47 Å². The Morgan fingerprint density at radius 2 is 1.61 bits per heavy atom. The van der Waals surface area contributed by atoms with E-state index in [0.717, 1.165) is 6.07 Å². The minimum Gasteiger partial charge on any atom is -0.508 e. The zero-order valence-electron chi connectivity index (χ0n) is 11.6. The van der Waals surface area contributed by atoms with E-state index in [9.17, 15) is 25.5 Å². The van der Waals surface area contributed by atoms with Crippen molar-refractivity contribution in [2.45, 2.75) is 5.60 Å². The Kier molecular flexibility index (Phi) is 2.50. The van der Waals surface area contributed by atoms with Crippen LogP contribution in [-0.2, 0) is 10.3 Å². The summed E-state index contributed by atoms with van der Waals surface area (Å²) in [5.41, 5.74) is -0.686. The maximum absolute atomic E-state index is 10.5. The van der Waals surface area contributed by atoms with Crippen LogP contribution in [-0.4, -0.2) is 32.1 Å². The minimum atomic E-state index is -1.23. The molecule has 0 aromatic heterocycles. The number of ether oxygens (including phenoxy) is 2. The van der Waals surface area contributed by atoms with Gasteiger partial charge in [0.15, 0.2) is 28.6 Å². The highest BCUT2D eigenvalue weighted by Gasteiger charge is 2.58. The summed E-state index contributed by atoms with van der Waals surface area (Å²) in [5, 5.41) is 49.2. The Bertz CT molecular complexity index is 865. The van der Waals surface area contributed by atoms with Gasteiger partial charge in [-0.15, -0.1) is 0 Å². The Balaban J connectivity index is 1.91. The molecule has 1 unspecified atom stereocenters. The molecule has 1 saturated heterocycles. The van der Waals surface area contributed by atoms with Crippen LogP contribution < -0.4 is 4.74 Å². The lowest BCUT2D eigenvalue weighted by atomic mass is 9.91. The summed E-state index contributed by atoms with van der Waals surface area (Å²) >= 11 is 0. The molecule has 0 radical (unpaired) electrons. The fraction of sp³-hybridized carbons (Fsp3) is 0.125. The number of fused-ring (bicyclic) bond motifs is 2. The number of epoxide rings is 1. The van der Waals surface area contributed by atoms with Crippen LogP contribution in [0.15, 0.2) is 36.1 Å². The largest absolute Gasteiger partial charge is 0.508 e. The van der Waals surface area contributed by atoms with Crippen LogP contribution in [0.4, 0.5) is 0 Å². The van der Waals surface area contributed by atoms with Crippen molar-refractivity contribution in [2.24, 2.45) is 0 Å². The normalized spacial score (nSPS) is 21.9. The van der Waals surface area contributed by atoms with Crippen LogP contribution in [0.5, 0.6) is 28.7 Å². The zero-order valence-corrected chi connectivity index (χ0v) is 11.6. The fourth-order valence-electron chi connectivity index (χ4n) is 2.75. The molecule has 118 valence electrons. The first-order chi connectivity index (χ1) is 10.9. The Morgan fingerprint density at radius 1 is 0.870 bits per heavy atom. The number of hydrogen-bond donors (Lipinski definition) is 5. The van der Waals surface area contributed by atoms with Crippen molar-refractivity contribution >= 4 is 5.76 Å². The van der Waals surface area contributed by atoms with Gasteiger partial charge in [-0.1, -0.05) is 0 Å². The minimum absolute atomic E-state index is 0.00954. The van der Waals surface area contributed by atoms with Gasteiger partial charge < -0.3 is 35.0 Å². The SMILES string of the molecule is OC1=C(c2ccc(O)c(O)c2)Oc2cc(O)cc(O)c2C12CO2. The van der Waals surface area contributed by atoms with Gasteiger partial charge >= 0.3 is 0 Å². The van der Waals surface area contributed by atoms with Crippen LogP contribution in [0, 0.1) is 0 Å². The van der Waals surface area contributed by atoms with Crippen LogP contribution in [0.1, 0.15) is 11.1 Å². The van der Waals surface area contributed by atoms with E-state index in [1.165, 1.54) is 24.3 Å². The molecule has 2 heterocycles. The van der Waals surface area contributed by atoms with Gasteiger partial charge in [0.05, 0.1) is 12.2 Å². The number of phenols is 4. The second-order valence-electron chi connectivity index (χ2n) is 5.44. The quantitative estimate of drug-likeness (QED) is 0.403. The molecule has 7 heteroatoms. The highest BCUT2D eigenvalue weighted by Crippen LogP contribution is 2.57. The van der Waals surface area contributed by atoms with Crippen molar-refractivity contribution in [3.05, 3.63) is 47.2 Å². The molecular formula is C16H12O7. The number of aliphatic hydroxyl groups excluding tert-OH is 1. The van der Waals surface area contributed by atoms with Gasteiger partial charge in [-0.25, -0.2) is 0 Å². The first kappa shape index (κ1) is 13.6.